The molecule has 5 rings (SSSR count). The number of aromatic nitrogens is 5. The zero-order valence-electron chi connectivity index (χ0n) is 15.6. The summed E-state index contributed by atoms with van der Waals surface area (Å²) in [4.78, 5) is 24.4. The molecule has 1 saturated carbocycles. The molecule has 0 saturated heterocycles. The SMILES string of the molecule is Cc1nn(C2CC2)c2c(=O)[nH]c(Cc3ccc(-c4cc(F)cc(F)c4)nc3)nc12. The highest BCUT2D eigenvalue weighted by Gasteiger charge is 2.28. The van der Waals surface area contributed by atoms with E-state index in [1.165, 1.54) is 12.1 Å². The minimum absolute atomic E-state index is 0.197. The summed E-state index contributed by atoms with van der Waals surface area (Å²) in [5, 5.41) is 4.48. The van der Waals surface area contributed by atoms with Crippen LogP contribution < -0.4 is 5.56 Å². The van der Waals surface area contributed by atoms with Crippen molar-refractivity contribution in [1.29, 1.82) is 0 Å². The summed E-state index contributed by atoms with van der Waals surface area (Å²) in [6.07, 6.45) is 4.06. The van der Waals surface area contributed by atoms with Crippen LogP contribution in [0.2, 0.25) is 0 Å². The molecule has 0 radical (unpaired) electrons. The van der Waals surface area contributed by atoms with Crippen molar-refractivity contribution >= 4 is 11.0 Å². The van der Waals surface area contributed by atoms with Crippen LogP contribution >= 0.6 is 0 Å². The quantitative estimate of drug-likeness (QED) is 0.574. The molecule has 3 heterocycles. The number of pyridine rings is 1. The molecule has 6 nitrogen and oxygen atoms in total. The summed E-state index contributed by atoms with van der Waals surface area (Å²) < 4.78 is 28.6. The molecule has 1 N–H and O–H groups in total. The van der Waals surface area contributed by atoms with Crippen LogP contribution in [-0.4, -0.2) is 24.7 Å². The summed E-state index contributed by atoms with van der Waals surface area (Å²) >= 11 is 0. The summed E-state index contributed by atoms with van der Waals surface area (Å²) in [6, 6.07) is 7.08. The number of H-pyrrole nitrogens is 1. The number of aromatic amines is 1. The Morgan fingerprint density at radius 3 is 2.59 bits per heavy atom. The van der Waals surface area contributed by atoms with Gasteiger partial charge in [0, 0.05) is 24.2 Å². The number of rotatable bonds is 4. The lowest BCUT2D eigenvalue weighted by atomic mass is 10.1. The van der Waals surface area contributed by atoms with E-state index < -0.39 is 11.6 Å². The number of nitrogens with one attached hydrogen (secondary N) is 1. The van der Waals surface area contributed by atoms with Gasteiger partial charge in [0.05, 0.1) is 17.4 Å². The highest BCUT2D eigenvalue weighted by molar-refractivity contribution is 5.76. The van der Waals surface area contributed by atoms with Gasteiger partial charge in [0.15, 0.2) is 5.52 Å². The summed E-state index contributed by atoms with van der Waals surface area (Å²) in [5.41, 5.74) is 3.33. The molecule has 3 aromatic heterocycles. The average Bonchev–Trinajstić information content (AvgIpc) is 3.46. The molecule has 0 atom stereocenters. The van der Waals surface area contributed by atoms with Gasteiger partial charge in [0.1, 0.15) is 23.0 Å². The van der Waals surface area contributed by atoms with Crippen molar-refractivity contribution in [3.05, 3.63) is 75.6 Å². The van der Waals surface area contributed by atoms with E-state index in [-0.39, 0.29) is 5.56 Å². The molecule has 0 unspecified atom stereocenters. The Morgan fingerprint density at radius 1 is 1.17 bits per heavy atom. The topological polar surface area (TPSA) is 76.5 Å². The Hall–Kier alpha value is -3.42. The zero-order chi connectivity index (χ0) is 20.1. The second kappa shape index (κ2) is 6.58. The fraction of sp³-hybridized carbons (Fsp3) is 0.238. The minimum atomic E-state index is -0.650. The number of hydrogen-bond acceptors (Lipinski definition) is 4. The van der Waals surface area contributed by atoms with Gasteiger partial charge in [-0.2, -0.15) is 5.10 Å². The monoisotopic (exact) mass is 393 g/mol. The Bertz CT molecular complexity index is 1270. The standard InChI is InChI=1S/C21H17F2N5O/c1-11-19-20(28(27-11)16-3-4-16)21(29)26-18(25-19)6-12-2-5-17(24-10-12)13-7-14(22)9-15(23)8-13/h2,5,7-10,16H,3-4,6H2,1H3,(H,25,26,29). The number of halogens is 2. The Kier molecular flexibility index (Phi) is 4.01. The van der Waals surface area contributed by atoms with Gasteiger partial charge >= 0.3 is 0 Å². The Morgan fingerprint density at radius 2 is 1.93 bits per heavy atom. The molecule has 0 aliphatic heterocycles. The fourth-order valence-corrected chi connectivity index (χ4v) is 3.50. The molecular formula is C21H17F2N5O. The van der Waals surface area contributed by atoms with Gasteiger partial charge in [0.2, 0.25) is 0 Å². The molecule has 0 bridgehead atoms. The van der Waals surface area contributed by atoms with Crippen molar-refractivity contribution < 1.29 is 8.78 Å². The van der Waals surface area contributed by atoms with Crippen LogP contribution in [0.5, 0.6) is 0 Å². The third-order valence-corrected chi connectivity index (χ3v) is 5.02. The first-order valence-electron chi connectivity index (χ1n) is 9.37. The maximum Gasteiger partial charge on any atom is 0.277 e. The normalized spacial score (nSPS) is 13.9. The molecule has 0 amide bonds. The molecule has 1 aliphatic carbocycles. The number of nitrogens with zero attached hydrogens (tertiary/aromatic N) is 4. The smallest absolute Gasteiger partial charge is 0.277 e. The Balaban J connectivity index is 1.45. The number of fused-ring (bicyclic) bond motifs is 1. The fourth-order valence-electron chi connectivity index (χ4n) is 3.50. The van der Waals surface area contributed by atoms with Gasteiger partial charge < -0.3 is 4.98 Å². The van der Waals surface area contributed by atoms with Crippen molar-refractivity contribution in [2.45, 2.75) is 32.2 Å². The molecule has 4 aromatic rings. The summed E-state index contributed by atoms with van der Waals surface area (Å²) in [7, 11) is 0. The van der Waals surface area contributed by atoms with E-state index >= 15 is 0 Å². The Labute approximate surface area is 164 Å². The first kappa shape index (κ1) is 17.7. The van der Waals surface area contributed by atoms with Gasteiger partial charge in [-0.25, -0.2) is 13.8 Å². The predicted molar refractivity (Wildman–Crippen MR) is 104 cm³/mol. The van der Waals surface area contributed by atoms with Crippen molar-refractivity contribution in [2.75, 3.05) is 0 Å². The predicted octanol–water partition coefficient (Wildman–Crippen LogP) is 3.69. The third kappa shape index (κ3) is 3.30. The van der Waals surface area contributed by atoms with E-state index in [2.05, 4.69) is 20.1 Å². The first-order chi connectivity index (χ1) is 14.0. The van der Waals surface area contributed by atoms with E-state index in [9.17, 15) is 13.6 Å². The highest BCUT2D eigenvalue weighted by atomic mass is 19.1. The van der Waals surface area contributed by atoms with Crippen LogP contribution in [0.1, 0.15) is 36.0 Å². The molecule has 8 heteroatoms. The van der Waals surface area contributed by atoms with E-state index in [1.807, 2.05) is 6.92 Å². The van der Waals surface area contributed by atoms with Crippen LogP contribution in [-0.2, 0) is 6.42 Å². The second-order valence-electron chi connectivity index (χ2n) is 7.36. The lowest BCUT2D eigenvalue weighted by Gasteiger charge is -2.05. The van der Waals surface area contributed by atoms with Crippen molar-refractivity contribution in [2.24, 2.45) is 0 Å². The number of hydrogen-bond donors (Lipinski definition) is 1. The van der Waals surface area contributed by atoms with Gasteiger partial charge in [-0.1, -0.05) is 6.07 Å². The van der Waals surface area contributed by atoms with E-state index in [0.29, 0.717) is 40.6 Å². The molecule has 146 valence electrons. The van der Waals surface area contributed by atoms with Crippen molar-refractivity contribution in [3.63, 3.8) is 0 Å². The van der Waals surface area contributed by atoms with Crippen molar-refractivity contribution in [3.8, 4) is 11.3 Å². The highest BCUT2D eigenvalue weighted by Crippen LogP contribution is 2.36. The van der Waals surface area contributed by atoms with E-state index in [1.54, 1.807) is 23.0 Å². The summed E-state index contributed by atoms with van der Waals surface area (Å²) in [5.74, 6) is -0.779. The van der Waals surface area contributed by atoms with Crippen LogP contribution in [0, 0.1) is 18.6 Å². The minimum Gasteiger partial charge on any atom is -0.308 e. The maximum atomic E-state index is 13.4. The third-order valence-electron chi connectivity index (χ3n) is 5.02. The van der Waals surface area contributed by atoms with Gasteiger partial charge in [-0.3, -0.25) is 14.5 Å². The second-order valence-corrected chi connectivity index (χ2v) is 7.36. The lowest BCUT2D eigenvalue weighted by Crippen LogP contribution is -2.15. The maximum absolute atomic E-state index is 13.4. The van der Waals surface area contributed by atoms with E-state index in [0.717, 1.165) is 30.2 Å². The largest absolute Gasteiger partial charge is 0.308 e. The van der Waals surface area contributed by atoms with Gasteiger partial charge in [-0.05, 0) is 43.5 Å². The molecule has 1 aliphatic rings. The van der Waals surface area contributed by atoms with Crippen LogP contribution in [0.25, 0.3) is 22.3 Å². The van der Waals surface area contributed by atoms with Crippen LogP contribution in [0.4, 0.5) is 8.78 Å². The molecule has 1 aromatic carbocycles. The van der Waals surface area contributed by atoms with Crippen molar-refractivity contribution in [1.82, 2.24) is 24.7 Å². The number of benzene rings is 1. The molecule has 29 heavy (non-hydrogen) atoms. The molecule has 1 fully saturated rings. The van der Waals surface area contributed by atoms with Crippen LogP contribution in [0.3, 0.4) is 0 Å². The molecular weight excluding hydrogens is 376 g/mol. The van der Waals surface area contributed by atoms with Crippen LogP contribution in [0.15, 0.2) is 41.3 Å². The van der Waals surface area contributed by atoms with Gasteiger partial charge in [-0.15, -0.1) is 0 Å². The average molecular weight is 393 g/mol. The van der Waals surface area contributed by atoms with E-state index in [4.69, 9.17) is 0 Å². The van der Waals surface area contributed by atoms with Gasteiger partial charge in [0.25, 0.3) is 5.56 Å². The number of aryl methyl sites for hydroxylation is 1. The molecule has 0 spiro atoms. The summed E-state index contributed by atoms with van der Waals surface area (Å²) in [6.45, 7) is 1.85. The lowest BCUT2D eigenvalue weighted by molar-refractivity contribution is 0.584. The first-order valence-corrected chi connectivity index (χ1v) is 9.37. The zero-order valence-corrected chi connectivity index (χ0v) is 15.6.